The zero-order chi connectivity index (χ0) is 23.2. The number of imidazole rings is 1. The van der Waals surface area contributed by atoms with E-state index >= 15 is 0 Å². The number of esters is 1. The summed E-state index contributed by atoms with van der Waals surface area (Å²) in [5.74, 6) is -0.280. The highest BCUT2D eigenvalue weighted by atomic mass is 35.5. The predicted molar refractivity (Wildman–Crippen MR) is 128 cm³/mol. The fraction of sp³-hybridized carbons (Fsp3) is 0.0400. The highest BCUT2D eigenvalue weighted by Gasteiger charge is 2.26. The largest absolute Gasteiger partial charge is 0.465 e. The smallest absolute Gasteiger partial charge is 0.337 e. The summed E-state index contributed by atoms with van der Waals surface area (Å²) in [6.45, 7) is 0. The Morgan fingerprint density at radius 3 is 2.42 bits per heavy atom. The molecule has 4 aromatic carbocycles. The second-order valence-corrected chi connectivity index (χ2v) is 9.60. The first-order chi connectivity index (χ1) is 15.9. The quantitative estimate of drug-likeness (QED) is 0.318. The lowest BCUT2D eigenvalue weighted by molar-refractivity contribution is 0.0601. The standard InChI is InChI=1S/C25H17ClN2O4S/c1-32-25(29)17-9-14-23-22(15-17)27-24(21-8-4-6-16-5-2-3-7-20(16)21)28(23)33(30,31)19-12-10-18(26)11-13-19/h2-15H,1H3. The number of halogens is 1. The first-order valence-corrected chi connectivity index (χ1v) is 11.8. The lowest BCUT2D eigenvalue weighted by Gasteiger charge is -2.12. The normalized spacial score (nSPS) is 11.7. The van der Waals surface area contributed by atoms with Crippen LogP contribution < -0.4 is 0 Å². The van der Waals surface area contributed by atoms with Crippen molar-refractivity contribution in [1.82, 2.24) is 8.96 Å². The van der Waals surface area contributed by atoms with Crippen LogP contribution in [0, 0.1) is 0 Å². The van der Waals surface area contributed by atoms with Crippen LogP contribution in [-0.2, 0) is 14.8 Å². The average Bonchev–Trinajstić information content (AvgIpc) is 3.23. The maximum absolute atomic E-state index is 13.8. The fourth-order valence-electron chi connectivity index (χ4n) is 3.85. The second-order valence-electron chi connectivity index (χ2n) is 7.38. The summed E-state index contributed by atoms with van der Waals surface area (Å²) < 4.78 is 33.7. The molecule has 0 amide bonds. The number of rotatable bonds is 4. The van der Waals surface area contributed by atoms with Gasteiger partial charge in [-0.3, -0.25) is 0 Å². The Labute approximate surface area is 195 Å². The van der Waals surface area contributed by atoms with Gasteiger partial charge in [0, 0.05) is 10.6 Å². The maximum atomic E-state index is 13.8. The molecule has 0 spiro atoms. The summed E-state index contributed by atoms with van der Waals surface area (Å²) in [6, 6.07) is 23.9. The molecule has 6 nitrogen and oxygen atoms in total. The summed E-state index contributed by atoms with van der Waals surface area (Å²) in [5.41, 5.74) is 1.64. The number of aromatic nitrogens is 2. The Kier molecular flexibility index (Phi) is 5.15. The van der Waals surface area contributed by atoms with E-state index in [1.165, 1.54) is 47.5 Å². The molecule has 5 aromatic rings. The van der Waals surface area contributed by atoms with Crippen LogP contribution in [0.25, 0.3) is 33.2 Å². The molecule has 0 unspecified atom stereocenters. The molecule has 0 fully saturated rings. The van der Waals surface area contributed by atoms with E-state index in [4.69, 9.17) is 16.3 Å². The molecule has 164 valence electrons. The molecule has 0 aliphatic rings. The Hall–Kier alpha value is -3.68. The highest BCUT2D eigenvalue weighted by Crippen LogP contribution is 2.34. The summed E-state index contributed by atoms with van der Waals surface area (Å²) in [7, 11) is -2.76. The molecule has 0 bridgehead atoms. The van der Waals surface area contributed by atoms with Crippen LogP contribution in [-0.4, -0.2) is 30.5 Å². The molecular formula is C25H17ClN2O4S. The number of carbonyl (C=O) groups is 1. The molecule has 0 radical (unpaired) electrons. The van der Waals surface area contributed by atoms with Gasteiger partial charge in [-0.25, -0.2) is 22.2 Å². The number of nitrogens with zero attached hydrogens (tertiary/aromatic N) is 2. The SMILES string of the molecule is COC(=O)c1ccc2c(c1)nc(-c1cccc3ccccc13)n2S(=O)(=O)c1ccc(Cl)cc1. The number of hydrogen-bond donors (Lipinski definition) is 0. The highest BCUT2D eigenvalue weighted by molar-refractivity contribution is 7.90. The zero-order valence-electron chi connectivity index (χ0n) is 17.4. The average molecular weight is 477 g/mol. The summed E-state index contributed by atoms with van der Waals surface area (Å²) in [6.07, 6.45) is 0. The Balaban J connectivity index is 1.86. The van der Waals surface area contributed by atoms with Gasteiger partial charge in [0.05, 0.1) is 28.6 Å². The minimum absolute atomic E-state index is 0.0738. The van der Waals surface area contributed by atoms with E-state index in [9.17, 15) is 13.2 Å². The van der Waals surface area contributed by atoms with Crippen molar-refractivity contribution in [3.63, 3.8) is 0 Å². The molecule has 33 heavy (non-hydrogen) atoms. The molecular weight excluding hydrogens is 460 g/mol. The summed E-state index contributed by atoms with van der Waals surface area (Å²) in [4.78, 5) is 16.8. The molecule has 0 aliphatic heterocycles. The van der Waals surface area contributed by atoms with Crippen LogP contribution in [0.5, 0.6) is 0 Å². The van der Waals surface area contributed by atoms with Gasteiger partial charge in [-0.2, -0.15) is 0 Å². The van der Waals surface area contributed by atoms with Crippen molar-refractivity contribution >= 4 is 49.4 Å². The minimum atomic E-state index is -4.05. The van der Waals surface area contributed by atoms with Crippen molar-refractivity contribution in [3.05, 3.63) is 95.5 Å². The lowest BCUT2D eigenvalue weighted by Crippen LogP contribution is -2.14. The molecule has 1 heterocycles. The Morgan fingerprint density at radius 1 is 0.939 bits per heavy atom. The van der Waals surface area contributed by atoms with Crippen molar-refractivity contribution in [3.8, 4) is 11.4 Å². The molecule has 0 atom stereocenters. The van der Waals surface area contributed by atoms with Crippen LogP contribution in [0.3, 0.4) is 0 Å². The number of methoxy groups -OCH3 is 1. The maximum Gasteiger partial charge on any atom is 0.337 e. The van der Waals surface area contributed by atoms with Crippen LogP contribution >= 0.6 is 11.6 Å². The second kappa shape index (κ2) is 8.03. The van der Waals surface area contributed by atoms with E-state index < -0.39 is 16.0 Å². The molecule has 0 N–H and O–H groups in total. The van der Waals surface area contributed by atoms with Crippen LogP contribution in [0.4, 0.5) is 0 Å². The van der Waals surface area contributed by atoms with Gasteiger partial charge < -0.3 is 4.74 Å². The first kappa shape index (κ1) is 21.2. The van der Waals surface area contributed by atoms with Crippen molar-refractivity contribution in [2.24, 2.45) is 0 Å². The number of carbonyl (C=O) groups excluding carboxylic acids is 1. The topological polar surface area (TPSA) is 78.3 Å². The van der Waals surface area contributed by atoms with E-state index in [2.05, 4.69) is 4.98 Å². The van der Waals surface area contributed by atoms with Crippen molar-refractivity contribution < 1.29 is 17.9 Å². The molecule has 5 rings (SSSR count). The van der Waals surface area contributed by atoms with Gasteiger partial charge in [0.25, 0.3) is 10.0 Å². The van der Waals surface area contributed by atoms with E-state index in [0.717, 1.165) is 10.8 Å². The van der Waals surface area contributed by atoms with E-state index in [1.807, 2.05) is 42.5 Å². The monoisotopic (exact) mass is 476 g/mol. The van der Waals surface area contributed by atoms with Gasteiger partial charge in [-0.1, -0.05) is 54.1 Å². The Bertz CT molecular complexity index is 1640. The molecule has 1 aromatic heterocycles. The molecule has 0 aliphatic carbocycles. The van der Waals surface area contributed by atoms with E-state index in [1.54, 1.807) is 6.07 Å². The third-order valence-corrected chi connectivity index (χ3v) is 7.39. The number of fused-ring (bicyclic) bond motifs is 2. The lowest BCUT2D eigenvalue weighted by atomic mass is 10.0. The fourth-order valence-corrected chi connectivity index (χ4v) is 5.45. The van der Waals surface area contributed by atoms with Crippen LogP contribution in [0.15, 0.2) is 89.8 Å². The van der Waals surface area contributed by atoms with E-state index in [-0.39, 0.29) is 16.3 Å². The Morgan fingerprint density at radius 2 is 1.67 bits per heavy atom. The third-order valence-electron chi connectivity index (χ3n) is 5.42. The summed E-state index contributed by atoms with van der Waals surface area (Å²) >= 11 is 5.98. The number of ether oxygens (including phenoxy) is 1. The first-order valence-electron chi connectivity index (χ1n) is 10.0. The third kappa shape index (κ3) is 3.55. The molecule has 8 heteroatoms. The van der Waals surface area contributed by atoms with Gasteiger partial charge >= 0.3 is 5.97 Å². The van der Waals surface area contributed by atoms with Crippen LogP contribution in [0.1, 0.15) is 10.4 Å². The predicted octanol–water partition coefficient (Wildman–Crippen LogP) is 5.53. The molecule has 0 saturated heterocycles. The van der Waals surface area contributed by atoms with Gasteiger partial charge in [0.15, 0.2) is 5.82 Å². The molecule has 0 saturated carbocycles. The van der Waals surface area contributed by atoms with Gasteiger partial charge in [-0.15, -0.1) is 0 Å². The minimum Gasteiger partial charge on any atom is -0.465 e. The van der Waals surface area contributed by atoms with E-state index in [0.29, 0.717) is 21.6 Å². The van der Waals surface area contributed by atoms with Crippen LogP contribution in [0.2, 0.25) is 5.02 Å². The van der Waals surface area contributed by atoms with Crippen molar-refractivity contribution in [2.45, 2.75) is 4.90 Å². The van der Waals surface area contributed by atoms with Gasteiger partial charge in [0.2, 0.25) is 0 Å². The van der Waals surface area contributed by atoms with Gasteiger partial charge in [-0.05, 0) is 53.2 Å². The summed E-state index contributed by atoms with van der Waals surface area (Å²) in [5, 5.41) is 2.24. The van der Waals surface area contributed by atoms with Crippen molar-refractivity contribution in [2.75, 3.05) is 7.11 Å². The zero-order valence-corrected chi connectivity index (χ0v) is 19.0. The number of benzene rings is 4. The van der Waals surface area contributed by atoms with Gasteiger partial charge in [0.1, 0.15) is 0 Å². The number of hydrogen-bond acceptors (Lipinski definition) is 5. The van der Waals surface area contributed by atoms with Crippen molar-refractivity contribution in [1.29, 1.82) is 0 Å².